The SMILES string of the molecule is CCCCCCCCCCCCCCCCCCOC(=O)c1cc(N)cc([N+](=O)[O-])c1. The smallest absolute Gasteiger partial charge is 0.338 e. The molecule has 0 radical (unpaired) electrons. The fourth-order valence-electron chi connectivity index (χ4n) is 3.76. The van der Waals surface area contributed by atoms with Crippen molar-refractivity contribution in [1.82, 2.24) is 0 Å². The van der Waals surface area contributed by atoms with E-state index in [9.17, 15) is 14.9 Å². The highest BCUT2D eigenvalue weighted by Gasteiger charge is 2.14. The number of non-ortho nitro benzene ring substituents is 1. The number of anilines is 1. The van der Waals surface area contributed by atoms with Gasteiger partial charge in [0, 0.05) is 17.8 Å². The largest absolute Gasteiger partial charge is 0.462 e. The highest BCUT2D eigenvalue weighted by Crippen LogP contribution is 2.19. The minimum atomic E-state index is -0.567. The molecular formula is C25H42N2O4. The van der Waals surface area contributed by atoms with Gasteiger partial charge in [-0.1, -0.05) is 103 Å². The molecule has 0 aromatic heterocycles. The maximum absolute atomic E-state index is 12.0. The molecule has 6 nitrogen and oxygen atoms in total. The van der Waals surface area contributed by atoms with E-state index in [0.717, 1.165) is 19.3 Å². The first-order chi connectivity index (χ1) is 15.0. The van der Waals surface area contributed by atoms with Crippen molar-refractivity contribution in [3.05, 3.63) is 33.9 Å². The summed E-state index contributed by atoms with van der Waals surface area (Å²) in [5.41, 5.74) is 5.73. The number of rotatable bonds is 19. The molecule has 1 aromatic rings. The molecule has 31 heavy (non-hydrogen) atoms. The summed E-state index contributed by atoms with van der Waals surface area (Å²) in [6.07, 6.45) is 20.7. The van der Waals surface area contributed by atoms with Crippen LogP contribution < -0.4 is 5.73 Å². The Morgan fingerprint density at radius 1 is 0.806 bits per heavy atom. The Bertz CT molecular complexity index is 634. The van der Waals surface area contributed by atoms with Crippen LogP contribution in [0.2, 0.25) is 0 Å². The van der Waals surface area contributed by atoms with Crippen LogP contribution in [0.3, 0.4) is 0 Å². The van der Waals surface area contributed by atoms with E-state index in [4.69, 9.17) is 10.5 Å². The van der Waals surface area contributed by atoms with Crippen LogP contribution in [0.1, 0.15) is 120 Å². The quantitative estimate of drug-likeness (QED) is 0.0795. The van der Waals surface area contributed by atoms with E-state index in [1.165, 1.54) is 102 Å². The Balaban J connectivity index is 1.93. The summed E-state index contributed by atoms with van der Waals surface area (Å²) in [6.45, 7) is 2.60. The minimum absolute atomic E-state index is 0.128. The van der Waals surface area contributed by atoms with Crippen molar-refractivity contribution in [1.29, 1.82) is 0 Å². The van der Waals surface area contributed by atoms with Gasteiger partial charge in [-0.05, 0) is 12.5 Å². The number of hydrogen-bond donors (Lipinski definition) is 1. The molecular weight excluding hydrogens is 392 g/mol. The maximum atomic E-state index is 12.0. The molecule has 0 saturated carbocycles. The maximum Gasteiger partial charge on any atom is 0.338 e. The predicted molar refractivity (Wildman–Crippen MR) is 127 cm³/mol. The van der Waals surface area contributed by atoms with E-state index >= 15 is 0 Å². The number of hydrogen-bond acceptors (Lipinski definition) is 5. The molecule has 0 spiro atoms. The molecule has 0 aliphatic heterocycles. The first-order valence-corrected chi connectivity index (χ1v) is 12.3. The van der Waals surface area contributed by atoms with Crippen LogP contribution in [-0.4, -0.2) is 17.5 Å². The third-order valence-electron chi connectivity index (χ3n) is 5.62. The number of nitrogens with two attached hydrogens (primary N) is 1. The molecule has 176 valence electrons. The zero-order valence-corrected chi connectivity index (χ0v) is 19.4. The van der Waals surface area contributed by atoms with Gasteiger partial charge in [0.2, 0.25) is 0 Å². The van der Waals surface area contributed by atoms with Gasteiger partial charge >= 0.3 is 5.97 Å². The number of nitrogen functional groups attached to an aromatic ring is 1. The Morgan fingerprint density at radius 2 is 1.26 bits per heavy atom. The molecule has 6 heteroatoms. The third kappa shape index (κ3) is 13.7. The first kappa shape index (κ1) is 26.9. The van der Waals surface area contributed by atoms with Crippen molar-refractivity contribution in [3.8, 4) is 0 Å². The van der Waals surface area contributed by atoms with Crippen LogP contribution in [-0.2, 0) is 4.74 Å². The second-order valence-electron chi connectivity index (χ2n) is 8.51. The van der Waals surface area contributed by atoms with Gasteiger partial charge in [-0.25, -0.2) is 4.79 Å². The van der Waals surface area contributed by atoms with Gasteiger partial charge in [0.05, 0.1) is 17.1 Å². The van der Waals surface area contributed by atoms with Crippen LogP contribution in [0.15, 0.2) is 18.2 Å². The Morgan fingerprint density at radius 3 is 1.71 bits per heavy atom. The van der Waals surface area contributed by atoms with E-state index in [1.807, 2.05) is 0 Å². The van der Waals surface area contributed by atoms with Gasteiger partial charge in [-0.15, -0.1) is 0 Å². The predicted octanol–water partition coefficient (Wildman–Crippen LogP) is 7.60. The van der Waals surface area contributed by atoms with Crippen molar-refractivity contribution in [2.75, 3.05) is 12.3 Å². The Kier molecular flexibility index (Phi) is 15.3. The Labute approximate surface area is 188 Å². The lowest BCUT2D eigenvalue weighted by molar-refractivity contribution is -0.384. The highest BCUT2D eigenvalue weighted by atomic mass is 16.6. The molecule has 1 aromatic carbocycles. The van der Waals surface area contributed by atoms with Crippen molar-refractivity contribution in [2.45, 2.75) is 110 Å². The molecule has 0 saturated heterocycles. The average Bonchev–Trinajstić information content (AvgIpc) is 2.75. The van der Waals surface area contributed by atoms with Crippen LogP contribution in [0, 0.1) is 10.1 Å². The number of ether oxygens (including phenoxy) is 1. The number of nitrogens with zero attached hydrogens (tertiary/aromatic N) is 1. The van der Waals surface area contributed by atoms with E-state index < -0.39 is 10.9 Å². The topological polar surface area (TPSA) is 95.5 Å². The summed E-state index contributed by atoms with van der Waals surface area (Å²) in [7, 11) is 0. The first-order valence-electron chi connectivity index (χ1n) is 12.3. The number of benzene rings is 1. The minimum Gasteiger partial charge on any atom is -0.462 e. The van der Waals surface area contributed by atoms with Gasteiger partial charge in [0.15, 0.2) is 0 Å². The van der Waals surface area contributed by atoms with E-state index in [2.05, 4.69) is 6.92 Å². The average molecular weight is 435 g/mol. The van der Waals surface area contributed by atoms with Gasteiger partial charge in [0.1, 0.15) is 0 Å². The summed E-state index contributed by atoms with van der Waals surface area (Å²) in [5, 5.41) is 10.9. The highest BCUT2D eigenvalue weighted by molar-refractivity contribution is 5.91. The van der Waals surface area contributed by atoms with Crippen molar-refractivity contribution >= 4 is 17.3 Å². The molecule has 1 rings (SSSR count). The molecule has 0 aliphatic carbocycles. The van der Waals surface area contributed by atoms with Crippen molar-refractivity contribution in [2.24, 2.45) is 0 Å². The number of nitro benzene ring substituents is 1. The fraction of sp³-hybridized carbons (Fsp3) is 0.720. The van der Waals surface area contributed by atoms with Crippen LogP contribution in [0.25, 0.3) is 0 Å². The van der Waals surface area contributed by atoms with E-state index in [-0.39, 0.29) is 16.9 Å². The number of nitro groups is 1. The van der Waals surface area contributed by atoms with Gasteiger partial charge in [-0.3, -0.25) is 10.1 Å². The third-order valence-corrected chi connectivity index (χ3v) is 5.62. The molecule has 0 unspecified atom stereocenters. The molecule has 0 fully saturated rings. The Hall–Kier alpha value is -2.11. The summed E-state index contributed by atoms with van der Waals surface area (Å²) in [4.78, 5) is 22.3. The monoisotopic (exact) mass is 434 g/mol. The second-order valence-corrected chi connectivity index (χ2v) is 8.51. The van der Waals surface area contributed by atoms with Gasteiger partial charge in [0.25, 0.3) is 5.69 Å². The molecule has 0 heterocycles. The number of unbranched alkanes of at least 4 members (excludes halogenated alkanes) is 15. The standard InChI is InChI=1S/C25H42N2O4/c1-2-3-4-5-6-7-8-9-10-11-12-13-14-15-16-17-18-31-25(28)22-19-23(26)21-24(20-22)27(29)30/h19-21H,2-18,26H2,1H3. The fourth-order valence-corrected chi connectivity index (χ4v) is 3.76. The lowest BCUT2D eigenvalue weighted by atomic mass is 10.0. The van der Waals surface area contributed by atoms with E-state index in [0.29, 0.717) is 6.61 Å². The lowest BCUT2D eigenvalue weighted by Gasteiger charge is -2.06. The molecule has 0 aliphatic rings. The second kappa shape index (κ2) is 17.6. The zero-order chi connectivity index (χ0) is 22.7. The molecule has 2 N–H and O–H groups in total. The van der Waals surface area contributed by atoms with E-state index in [1.54, 1.807) is 0 Å². The number of esters is 1. The van der Waals surface area contributed by atoms with Gasteiger partial charge < -0.3 is 10.5 Å². The number of carbonyl (C=O) groups excluding carboxylic acids is 1. The van der Waals surface area contributed by atoms with Crippen LogP contribution >= 0.6 is 0 Å². The van der Waals surface area contributed by atoms with Crippen molar-refractivity contribution in [3.63, 3.8) is 0 Å². The number of carbonyl (C=O) groups is 1. The summed E-state index contributed by atoms with van der Waals surface area (Å²) >= 11 is 0. The zero-order valence-electron chi connectivity index (χ0n) is 19.4. The summed E-state index contributed by atoms with van der Waals surface area (Å²) < 4.78 is 5.22. The lowest BCUT2D eigenvalue weighted by Crippen LogP contribution is -2.07. The summed E-state index contributed by atoms with van der Waals surface area (Å²) in [5.74, 6) is -0.559. The molecule has 0 amide bonds. The van der Waals surface area contributed by atoms with Gasteiger partial charge in [-0.2, -0.15) is 0 Å². The molecule has 0 bridgehead atoms. The molecule has 0 atom stereocenters. The summed E-state index contributed by atoms with van der Waals surface area (Å²) in [6, 6.07) is 3.83. The van der Waals surface area contributed by atoms with Crippen LogP contribution in [0.4, 0.5) is 11.4 Å². The normalized spacial score (nSPS) is 10.9. The van der Waals surface area contributed by atoms with Crippen molar-refractivity contribution < 1.29 is 14.5 Å². The van der Waals surface area contributed by atoms with Crippen LogP contribution in [0.5, 0.6) is 0 Å².